The molecule has 6 rings (SSSR count). The van der Waals surface area contributed by atoms with E-state index in [0.717, 1.165) is 0 Å². The molecule has 0 fully saturated rings. The van der Waals surface area contributed by atoms with Crippen molar-refractivity contribution in [2.75, 3.05) is 29.9 Å². The van der Waals surface area contributed by atoms with Crippen LogP contribution in [0.2, 0.25) is 20.1 Å². The van der Waals surface area contributed by atoms with Gasteiger partial charge in [-0.25, -0.2) is 18.1 Å². The lowest BCUT2D eigenvalue weighted by atomic mass is 10.1. The molecule has 4 atom stereocenters. The van der Waals surface area contributed by atoms with E-state index in [1.165, 1.54) is 62.4 Å². The van der Waals surface area contributed by atoms with Crippen LogP contribution in [0, 0.1) is 0 Å². The minimum atomic E-state index is -5.90. The first kappa shape index (κ1) is 71.4. The summed E-state index contributed by atoms with van der Waals surface area (Å²) in [7, 11) is -14.2. The fourth-order valence-corrected chi connectivity index (χ4v) is 11.4. The molecule has 0 saturated carbocycles. The quantitative estimate of drug-likeness (QED) is 0.0117. The number of carbonyl (C=O) groups excluding carboxylic acids is 3. The predicted octanol–water partition coefficient (Wildman–Crippen LogP) is 14.3. The van der Waals surface area contributed by atoms with Crippen LogP contribution in [0.4, 0.5) is 35.9 Å². The van der Waals surface area contributed by atoms with E-state index in [1.807, 2.05) is 0 Å². The summed E-state index contributed by atoms with van der Waals surface area (Å²) in [5.41, 5.74) is -2.60. The number of aromatic hydroxyl groups is 1. The van der Waals surface area contributed by atoms with Crippen molar-refractivity contribution in [1.29, 1.82) is 0 Å². The van der Waals surface area contributed by atoms with Crippen molar-refractivity contribution in [2.24, 2.45) is 0 Å². The van der Waals surface area contributed by atoms with Gasteiger partial charge in [-0.1, -0.05) is 126 Å². The van der Waals surface area contributed by atoms with Crippen LogP contribution >= 0.6 is 61.6 Å². The first-order chi connectivity index (χ1) is 39.5. The summed E-state index contributed by atoms with van der Waals surface area (Å²) in [6.07, 6.45) is -3.44. The van der Waals surface area contributed by atoms with E-state index in [1.54, 1.807) is 98.8 Å². The van der Waals surface area contributed by atoms with E-state index in [-0.39, 0.29) is 68.7 Å². The van der Waals surface area contributed by atoms with Gasteiger partial charge in [-0.3, -0.25) is 18.6 Å². The van der Waals surface area contributed by atoms with Crippen molar-refractivity contribution in [3.05, 3.63) is 165 Å². The van der Waals surface area contributed by atoms with Crippen LogP contribution in [-0.2, 0) is 74.0 Å². The molecule has 5 N–H and O–H groups in total. The number of alkyl halides is 3. The van der Waals surface area contributed by atoms with Gasteiger partial charge < -0.3 is 44.5 Å². The molecule has 0 heterocycles. The number of nitrogens with one attached hydrogen (secondary N) is 2. The van der Waals surface area contributed by atoms with E-state index in [9.17, 15) is 50.2 Å². The lowest BCUT2D eigenvalue weighted by molar-refractivity contribution is -0.191. The monoisotopic (exact) mass is 1310 g/mol. The molecule has 454 valence electrons. The number of carboxylic acids is 2. The Hall–Kier alpha value is -6.85. The SMILES string of the molecule is CCC(C)OP(=O)(COS(=O)(=O)C(F)(F)F)Oc1ccccc1.CCOC(=O)C(C)OP(=O)(COc1cc(Cl)c(Nc2ccccc2CC(=O)O)c(Cl)c1)Oc1ccccc1.O=C(O)Cc1ccccc1Nc1c(Cl)cc(O)cc1Cl.O=C=O. The molecular formula is C53H53Cl4F3N2O19P2S. The van der Waals surface area contributed by atoms with E-state index in [0.29, 0.717) is 40.3 Å². The Kier molecular flexibility index (Phi) is 29.1. The van der Waals surface area contributed by atoms with Gasteiger partial charge in [0.2, 0.25) is 6.35 Å². The zero-order valence-corrected chi connectivity index (χ0v) is 50.1. The van der Waals surface area contributed by atoms with Crippen LogP contribution in [0.3, 0.4) is 0 Å². The third-order valence-corrected chi connectivity index (χ3v) is 15.7. The molecule has 6 aromatic carbocycles. The fourth-order valence-electron chi connectivity index (χ4n) is 6.31. The maximum Gasteiger partial charge on any atom is 0.523 e. The van der Waals surface area contributed by atoms with Crippen molar-refractivity contribution >= 4 is 119 Å². The molecule has 0 aromatic heterocycles. The van der Waals surface area contributed by atoms with Gasteiger partial charge in [-0.15, -0.1) is 0 Å². The summed E-state index contributed by atoms with van der Waals surface area (Å²) in [4.78, 5) is 50.3. The molecule has 4 unspecified atom stereocenters. The number of halogens is 7. The largest absolute Gasteiger partial charge is 0.523 e. The zero-order chi connectivity index (χ0) is 62.8. The number of para-hydroxylation sites is 4. The summed E-state index contributed by atoms with van der Waals surface area (Å²) in [6, 6.07) is 35.2. The van der Waals surface area contributed by atoms with E-state index in [4.69, 9.17) is 93.8 Å². The highest BCUT2D eigenvalue weighted by atomic mass is 35.5. The molecule has 0 saturated heterocycles. The minimum Gasteiger partial charge on any atom is -0.508 e. The number of phenolic OH excluding ortho intramolecular Hbond substituents is 1. The van der Waals surface area contributed by atoms with Crippen LogP contribution in [0.15, 0.2) is 133 Å². The van der Waals surface area contributed by atoms with Gasteiger partial charge in [-0.2, -0.15) is 31.2 Å². The average Bonchev–Trinajstić information content (AvgIpc) is 3.21. The van der Waals surface area contributed by atoms with Crippen LogP contribution in [0.25, 0.3) is 0 Å². The van der Waals surface area contributed by atoms with E-state index < -0.39 is 73.6 Å². The average molecular weight is 1310 g/mol. The van der Waals surface area contributed by atoms with Gasteiger partial charge in [0.1, 0.15) is 23.0 Å². The van der Waals surface area contributed by atoms with Crippen molar-refractivity contribution in [3.8, 4) is 23.0 Å². The molecule has 21 nitrogen and oxygen atoms in total. The fraction of sp³-hybridized carbons (Fsp3) is 0.245. The molecular weight excluding hydrogens is 1260 g/mol. The molecule has 0 radical (unpaired) electrons. The Labute approximate surface area is 499 Å². The molecule has 0 aliphatic rings. The molecule has 6 aromatic rings. The zero-order valence-electron chi connectivity index (χ0n) is 44.4. The van der Waals surface area contributed by atoms with Gasteiger partial charge in [0.25, 0.3) is 0 Å². The van der Waals surface area contributed by atoms with E-state index >= 15 is 0 Å². The molecule has 84 heavy (non-hydrogen) atoms. The predicted molar refractivity (Wildman–Crippen MR) is 306 cm³/mol. The molecule has 0 amide bonds. The van der Waals surface area contributed by atoms with E-state index in [2.05, 4.69) is 14.8 Å². The Morgan fingerprint density at radius 2 is 1.02 bits per heavy atom. The number of phenols is 1. The Balaban J connectivity index is 0.000000344. The van der Waals surface area contributed by atoms with Crippen LogP contribution in [-0.4, -0.2) is 84.8 Å². The van der Waals surface area contributed by atoms with Crippen LogP contribution in [0.5, 0.6) is 23.0 Å². The summed E-state index contributed by atoms with van der Waals surface area (Å²) in [6.45, 7) is 6.37. The number of aliphatic carboxylic acids is 2. The Morgan fingerprint density at radius 1 is 0.631 bits per heavy atom. The maximum atomic E-state index is 13.6. The number of carboxylic acid groups (broad SMARTS) is 2. The second-order valence-corrected chi connectivity index (χ2v) is 23.6. The number of hydrogen-bond acceptors (Lipinski definition) is 19. The Morgan fingerprint density at radius 3 is 1.42 bits per heavy atom. The first-order valence-corrected chi connectivity index (χ1v) is 30.4. The molecule has 0 aliphatic carbocycles. The van der Waals surface area contributed by atoms with Crippen molar-refractivity contribution in [3.63, 3.8) is 0 Å². The lowest BCUT2D eigenvalue weighted by Crippen LogP contribution is -2.26. The smallest absolute Gasteiger partial charge is 0.508 e. The summed E-state index contributed by atoms with van der Waals surface area (Å²) < 4.78 is 120. The number of anilines is 4. The molecule has 0 aliphatic heterocycles. The van der Waals surface area contributed by atoms with Gasteiger partial charge in [0.05, 0.1) is 57.0 Å². The number of benzene rings is 6. The summed E-state index contributed by atoms with van der Waals surface area (Å²) in [5, 5.41) is 34.3. The number of carbonyl (C=O) groups is 3. The normalized spacial score (nSPS) is 13.0. The topological polar surface area (TPSA) is 303 Å². The van der Waals surface area contributed by atoms with Gasteiger partial charge in [-0.05, 0) is 74.7 Å². The number of esters is 1. The van der Waals surface area contributed by atoms with Gasteiger partial charge >= 0.3 is 54.9 Å². The third kappa shape index (κ3) is 24.4. The van der Waals surface area contributed by atoms with Crippen molar-refractivity contribution < 1.29 is 102 Å². The first-order valence-electron chi connectivity index (χ1n) is 24.1. The molecule has 0 bridgehead atoms. The standard InChI is InChI=1S/C26H26Cl2NO8P.C14H11Cl2NO3.C12H16F3O6PS.CO2/c1-3-34-26(32)17(2)36-38(33,37-19-10-5-4-6-11-19)16-35-20-14-21(27)25(22(28)15-20)29-23-12-8-7-9-18(23)13-24(30)31;15-10-6-9(18)7-11(16)14(10)17-12-4-2-1-3-8(12)5-13(19)20;1-3-10(2)20-22(16,21-11-7-5-4-6-8-11)9-19-23(17,18)12(13,14)15;2-1-3/h4-12,14-15,17,29H,3,13,16H2,1-2H3,(H,30,31);1-4,6-7,17-18H,5H2,(H,19,20);4-8,10H,3,9H2,1-2H3;. The highest BCUT2D eigenvalue weighted by molar-refractivity contribution is 7.87. The highest BCUT2D eigenvalue weighted by Gasteiger charge is 2.49. The number of ether oxygens (including phenoxy) is 2. The Bertz CT molecular complexity index is 3360. The van der Waals surface area contributed by atoms with Gasteiger partial charge in [0.15, 0.2) is 12.5 Å². The highest BCUT2D eigenvalue weighted by Crippen LogP contribution is 2.52. The van der Waals surface area contributed by atoms with Crippen LogP contribution in [0.1, 0.15) is 45.2 Å². The molecule has 0 spiro atoms. The molecule has 31 heteroatoms. The minimum absolute atomic E-state index is 0.0376. The van der Waals surface area contributed by atoms with Crippen LogP contribution < -0.4 is 24.4 Å². The third-order valence-electron chi connectivity index (χ3n) is 10.1. The van der Waals surface area contributed by atoms with Crippen molar-refractivity contribution in [2.45, 2.75) is 64.7 Å². The summed E-state index contributed by atoms with van der Waals surface area (Å²) >= 11 is 24.9. The summed E-state index contributed by atoms with van der Waals surface area (Å²) in [5.74, 6) is -2.19. The van der Waals surface area contributed by atoms with Crippen molar-refractivity contribution in [1.82, 2.24) is 0 Å². The maximum absolute atomic E-state index is 13.6. The number of hydrogen-bond donors (Lipinski definition) is 5. The second-order valence-electron chi connectivity index (χ2n) is 16.6. The number of rotatable bonds is 25. The lowest BCUT2D eigenvalue weighted by Gasteiger charge is -2.22. The second kappa shape index (κ2) is 34.2. The van der Waals surface area contributed by atoms with Gasteiger partial charge in [0, 0.05) is 35.6 Å².